The van der Waals surface area contributed by atoms with Crippen molar-refractivity contribution in [2.75, 3.05) is 7.11 Å². The van der Waals surface area contributed by atoms with E-state index in [9.17, 15) is 9.50 Å². The third kappa shape index (κ3) is 2.97. The van der Waals surface area contributed by atoms with Crippen LogP contribution >= 0.6 is 0 Å². The van der Waals surface area contributed by atoms with E-state index in [1.54, 1.807) is 13.0 Å². The Kier molecular flexibility index (Phi) is 4.14. The van der Waals surface area contributed by atoms with Gasteiger partial charge in [-0.2, -0.15) is 0 Å². The van der Waals surface area contributed by atoms with Crippen LogP contribution < -0.4 is 4.74 Å². The van der Waals surface area contributed by atoms with Crippen LogP contribution in [-0.2, 0) is 0 Å². The lowest BCUT2D eigenvalue weighted by Gasteiger charge is -2.09. The molecule has 0 aliphatic rings. The maximum Gasteiger partial charge on any atom is 0.165 e. The third-order valence-electron chi connectivity index (χ3n) is 2.03. The summed E-state index contributed by atoms with van der Waals surface area (Å²) in [6.45, 7) is 1.70. The van der Waals surface area contributed by atoms with Crippen molar-refractivity contribution in [2.24, 2.45) is 0 Å². The van der Waals surface area contributed by atoms with Gasteiger partial charge in [-0.25, -0.2) is 4.39 Å². The molecule has 1 unspecified atom stereocenters. The third-order valence-corrected chi connectivity index (χ3v) is 2.03. The molecule has 0 aromatic heterocycles. The molecule has 0 spiro atoms. The number of aliphatic hydroxyl groups is 1. The van der Waals surface area contributed by atoms with Gasteiger partial charge in [-0.15, -0.1) is 11.8 Å². The van der Waals surface area contributed by atoms with Crippen molar-refractivity contribution in [2.45, 2.75) is 19.4 Å². The smallest absolute Gasteiger partial charge is 0.165 e. The first-order valence-electron chi connectivity index (χ1n) is 4.60. The highest BCUT2D eigenvalue weighted by Gasteiger charge is 2.09. The van der Waals surface area contributed by atoms with Gasteiger partial charge in [0.2, 0.25) is 0 Å². The lowest BCUT2D eigenvalue weighted by molar-refractivity contribution is 0.183. The molecule has 1 aromatic rings. The monoisotopic (exact) mass is 208 g/mol. The molecule has 0 radical (unpaired) electrons. The first-order valence-corrected chi connectivity index (χ1v) is 4.60. The van der Waals surface area contributed by atoms with Gasteiger partial charge >= 0.3 is 0 Å². The summed E-state index contributed by atoms with van der Waals surface area (Å²) in [6.07, 6.45) is -0.444. The summed E-state index contributed by atoms with van der Waals surface area (Å²) in [5.41, 5.74) is 0.510. The first kappa shape index (κ1) is 11.5. The molecule has 80 valence electrons. The Balaban J connectivity index is 2.85. The quantitative estimate of drug-likeness (QED) is 0.772. The highest BCUT2D eigenvalue weighted by Crippen LogP contribution is 2.23. The van der Waals surface area contributed by atoms with E-state index < -0.39 is 11.9 Å². The van der Waals surface area contributed by atoms with Gasteiger partial charge in [-0.05, 0) is 24.6 Å². The van der Waals surface area contributed by atoms with Crippen LogP contribution in [0.15, 0.2) is 18.2 Å². The van der Waals surface area contributed by atoms with E-state index >= 15 is 0 Å². The van der Waals surface area contributed by atoms with E-state index in [4.69, 9.17) is 4.74 Å². The molecular formula is C12H13FO2. The van der Waals surface area contributed by atoms with Crippen molar-refractivity contribution in [1.82, 2.24) is 0 Å². The zero-order valence-corrected chi connectivity index (χ0v) is 8.75. The Hall–Kier alpha value is -1.53. The second kappa shape index (κ2) is 5.38. The van der Waals surface area contributed by atoms with E-state index in [2.05, 4.69) is 11.8 Å². The van der Waals surface area contributed by atoms with Gasteiger partial charge < -0.3 is 9.84 Å². The van der Waals surface area contributed by atoms with Crippen molar-refractivity contribution >= 4 is 0 Å². The minimum Gasteiger partial charge on any atom is -0.494 e. The van der Waals surface area contributed by atoms with Gasteiger partial charge in [0, 0.05) is 6.42 Å². The fraction of sp³-hybridized carbons (Fsp3) is 0.333. The standard InChI is InChI=1S/C12H13FO2/c1-3-4-5-11(14)9-6-7-12(15-2)10(13)8-9/h6-8,11,14H,5H2,1-2H3. The molecule has 0 amide bonds. The van der Waals surface area contributed by atoms with E-state index in [-0.39, 0.29) is 5.75 Å². The topological polar surface area (TPSA) is 29.5 Å². The van der Waals surface area contributed by atoms with Gasteiger partial charge in [0.15, 0.2) is 11.6 Å². The molecule has 0 bridgehead atoms. The highest BCUT2D eigenvalue weighted by atomic mass is 19.1. The van der Waals surface area contributed by atoms with Crippen molar-refractivity contribution in [3.8, 4) is 17.6 Å². The second-order valence-corrected chi connectivity index (χ2v) is 3.04. The molecule has 0 saturated heterocycles. The summed E-state index contributed by atoms with van der Waals surface area (Å²) in [5.74, 6) is 5.12. The van der Waals surface area contributed by atoms with E-state index in [1.807, 2.05) is 0 Å². The molecule has 2 nitrogen and oxygen atoms in total. The Bertz CT molecular complexity index is 390. The largest absolute Gasteiger partial charge is 0.494 e. The number of halogens is 1. The number of hydrogen-bond acceptors (Lipinski definition) is 2. The van der Waals surface area contributed by atoms with Gasteiger partial charge in [0.25, 0.3) is 0 Å². The Morgan fingerprint density at radius 1 is 1.53 bits per heavy atom. The second-order valence-electron chi connectivity index (χ2n) is 3.04. The van der Waals surface area contributed by atoms with Gasteiger partial charge in [0.1, 0.15) is 0 Å². The SMILES string of the molecule is CC#CCC(O)c1ccc(OC)c(F)c1. The van der Waals surface area contributed by atoms with Crippen LogP contribution in [0.3, 0.4) is 0 Å². The Labute approximate surface area is 88.7 Å². The molecule has 1 atom stereocenters. The van der Waals surface area contributed by atoms with Gasteiger partial charge in [-0.3, -0.25) is 0 Å². The molecular weight excluding hydrogens is 195 g/mol. The molecule has 1 N–H and O–H groups in total. The zero-order chi connectivity index (χ0) is 11.3. The minimum absolute atomic E-state index is 0.174. The van der Waals surface area contributed by atoms with Gasteiger partial charge in [-0.1, -0.05) is 6.07 Å². The fourth-order valence-electron chi connectivity index (χ4n) is 1.21. The van der Waals surface area contributed by atoms with Gasteiger partial charge in [0.05, 0.1) is 13.2 Å². The normalized spacial score (nSPS) is 11.5. The Morgan fingerprint density at radius 3 is 2.80 bits per heavy atom. The Morgan fingerprint density at radius 2 is 2.27 bits per heavy atom. The minimum atomic E-state index is -0.752. The zero-order valence-electron chi connectivity index (χ0n) is 8.75. The molecule has 15 heavy (non-hydrogen) atoms. The highest BCUT2D eigenvalue weighted by molar-refractivity contribution is 5.30. The predicted molar refractivity (Wildman–Crippen MR) is 56.0 cm³/mol. The summed E-state index contributed by atoms with van der Waals surface area (Å²) in [6, 6.07) is 4.39. The summed E-state index contributed by atoms with van der Waals surface area (Å²) < 4.78 is 18.0. The van der Waals surface area contributed by atoms with E-state index in [0.29, 0.717) is 12.0 Å². The number of methoxy groups -OCH3 is 1. The number of hydrogen-bond donors (Lipinski definition) is 1. The summed E-state index contributed by atoms with van der Waals surface area (Å²) in [7, 11) is 1.40. The van der Waals surface area contributed by atoms with Crippen molar-refractivity contribution in [1.29, 1.82) is 0 Å². The van der Waals surface area contributed by atoms with Crippen LogP contribution in [0, 0.1) is 17.7 Å². The number of benzene rings is 1. The summed E-state index contributed by atoms with van der Waals surface area (Å²) in [5, 5.41) is 9.63. The first-order chi connectivity index (χ1) is 7.19. The molecule has 3 heteroatoms. The molecule has 0 heterocycles. The summed E-state index contributed by atoms with van der Waals surface area (Å²) >= 11 is 0. The van der Waals surface area contributed by atoms with Crippen LogP contribution in [0.4, 0.5) is 4.39 Å². The predicted octanol–water partition coefficient (Wildman–Crippen LogP) is 2.28. The maximum absolute atomic E-state index is 13.3. The molecule has 0 saturated carbocycles. The van der Waals surface area contributed by atoms with Crippen molar-refractivity contribution in [3.05, 3.63) is 29.6 Å². The van der Waals surface area contributed by atoms with Crippen LogP contribution in [0.1, 0.15) is 25.0 Å². The van der Waals surface area contributed by atoms with Crippen LogP contribution in [0.5, 0.6) is 5.75 Å². The van der Waals surface area contributed by atoms with Crippen molar-refractivity contribution in [3.63, 3.8) is 0 Å². The molecule has 1 rings (SSSR count). The molecule has 0 fully saturated rings. The van der Waals surface area contributed by atoms with Crippen LogP contribution in [0.2, 0.25) is 0 Å². The van der Waals surface area contributed by atoms with Crippen LogP contribution in [0.25, 0.3) is 0 Å². The number of ether oxygens (including phenoxy) is 1. The number of rotatable bonds is 3. The lowest BCUT2D eigenvalue weighted by atomic mass is 10.1. The van der Waals surface area contributed by atoms with Crippen molar-refractivity contribution < 1.29 is 14.2 Å². The fourth-order valence-corrected chi connectivity index (χ4v) is 1.21. The maximum atomic E-state index is 13.3. The van der Waals surface area contributed by atoms with Crippen LogP contribution in [-0.4, -0.2) is 12.2 Å². The average Bonchev–Trinajstić information content (AvgIpc) is 2.25. The number of aliphatic hydroxyl groups excluding tert-OH is 1. The van der Waals surface area contributed by atoms with E-state index in [0.717, 1.165) is 0 Å². The summed E-state index contributed by atoms with van der Waals surface area (Å²) in [4.78, 5) is 0. The molecule has 0 aliphatic carbocycles. The van der Waals surface area contributed by atoms with E-state index in [1.165, 1.54) is 19.2 Å². The average molecular weight is 208 g/mol. The lowest BCUT2D eigenvalue weighted by Crippen LogP contribution is -1.98. The molecule has 1 aromatic carbocycles. The molecule has 0 aliphatic heterocycles.